The first-order valence-corrected chi connectivity index (χ1v) is 10.8. The van der Waals surface area contributed by atoms with Gasteiger partial charge in [-0.05, 0) is 46.3 Å². The number of sulfone groups is 1. The summed E-state index contributed by atoms with van der Waals surface area (Å²) in [6, 6.07) is 3.87. The van der Waals surface area contributed by atoms with Crippen LogP contribution in [0.25, 0.3) is 0 Å². The molecule has 1 fully saturated rings. The first kappa shape index (κ1) is 17.3. The molecule has 2 rings (SSSR count). The van der Waals surface area contributed by atoms with Gasteiger partial charge in [-0.2, -0.15) is 0 Å². The molecule has 1 saturated heterocycles. The van der Waals surface area contributed by atoms with Crippen molar-refractivity contribution in [3.8, 4) is 0 Å². The molecule has 1 aromatic carbocycles. The van der Waals surface area contributed by atoms with Gasteiger partial charge in [0, 0.05) is 48.3 Å². The van der Waals surface area contributed by atoms with E-state index in [0.717, 1.165) is 54.1 Å². The Labute approximate surface area is 139 Å². The maximum absolute atomic E-state index is 12.0. The zero-order valence-corrected chi connectivity index (χ0v) is 15.6. The Bertz CT molecular complexity index is 599. The summed E-state index contributed by atoms with van der Waals surface area (Å²) < 4.78 is 24.8. The van der Waals surface area contributed by atoms with Crippen LogP contribution in [0.5, 0.6) is 0 Å². The van der Waals surface area contributed by atoms with Crippen LogP contribution < -0.4 is 5.32 Å². The lowest BCUT2D eigenvalue weighted by Crippen LogP contribution is -2.44. The zero-order chi connectivity index (χ0) is 15.5. The molecule has 1 aliphatic heterocycles. The molecule has 4 nitrogen and oxygen atoms in total. The summed E-state index contributed by atoms with van der Waals surface area (Å²) >= 11 is 4.97. The van der Waals surface area contributed by atoms with E-state index in [1.807, 2.05) is 18.4 Å². The van der Waals surface area contributed by atoms with Gasteiger partial charge in [0.05, 0.1) is 4.90 Å². The van der Waals surface area contributed by atoms with Crippen LogP contribution in [0.3, 0.4) is 0 Å². The lowest BCUT2D eigenvalue weighted by atomic mass is 10.1. The Morgan fingerprint density at radius 3 is 2.57 bits per heavy atom. The number of thioether (sulfide) groups is 1. The van der Waals surface area contributed by atoms with Gasteiger partial charge in [0.15, 0.2) is 9.84 Å². The van der Waals surface area contributed by atoms with E-state index >= 15 is 0 Å². The lowest BCUT2D eigenvalue weighted by Gasteiger charge is -2.27. The summed E-state index contributed by atoms with van der Waals surface area (Å²) in [7, 11) is -3.21. The normalized spacial score (nSPS) is 17.1. The maximum Gasteiger partial charge on any atom is 0.176 e. The van der Waals surface area contributed by atoms with Crippen molar-refractivity contribution >= 4 is 37.5 Å². The van der Waals surface area contributed by atoms with Gasteiger partial charge in [0.25, 0.3) is 0 Å². The van der Waals surface area contributed by atoms with Gasteiger partial charge in [0.2, 0.25) is 0 Å². The molecular weight excluding hydrogens is 372 g/mol. The first-order chi connectivity index (χ1) is 9.91. The second kappa shape index (κ2) is 7.46. The van der Waals surface area contributed by atoms with E-state index in [1.54, 1.807) is 0 Å². The Morgan fingerprint density at radius 2 is 2.00 bits per heavy atom. The second-order valence-corrected chi connectivity index (χ2v) is 8.88. The summed E-state index contributed by atoms with van der Waals surface area (Å²) in [5.41, 5.74) is 1.07. The molecule has 118 valence electrons. The van der Waals surface area contributed by atoms with Gasteiger partial charge < -0.3 is 10.2 Å². The second-order valence-electron chi connectivity index (χ2n) is 5.22. The van der Waals surface area contributed by atoms with Crippen molar-refractivity contribution in [3.63, 3.8) is 0 Å². The number of benzene rings is 1. The average molecular weight is 393 g/mol. The van der Waals surface area contributed by atoms with Crippen molar-refractivity contribution in [2.24, 2.45) is 0 Å². The molecule has 7 heteroatoms. The molecule has 1 aromatic rings. The molecule has 0 unspecified atom stereocenters. The molecule has 21 heavy (non-hydrogen) atoms. The number of nitrogens with one attached hydrogen (secondary N) is 1. The summed E-state index contributed by atoms with van der Waals surface area (Å²) in [6.07, 6.45) is 4.04. The third-order valence-electron chi connectivity index (χ3n) is 3.60. The molecule has 1 aliphatic rings. The molecule has 0 aliphatic carbocycles. The fourth-order valence-electron chi connectivity index (χ4n) is 2.46. The third kappa shape index (κ3) is 4.69. The minimum absolute atomic E-state index is 0.430. The van der Waals surface area contributed by atoms with Gasteiger partial charge >= 0.3 is 0 Å². The van der Waals surface area contributed by atoms with Gasteiger partial charge in [-0.25, -0.2) is 8.42 Å². The zero-order valence-electron chi connectivity index (χ0n) is 12.4. The molecule has 0 radical (unpaired) electrons. The summed E-state index contributed by atoms with van der Waals surface area (Å²) in [5.74, 6) is 0. The molecular formula is C14H21BrN2O2S2. The number of rotatable bonds is 5. The molecule has 1 N–H and O–H groups in total. The Morgan fingerprint density at radius 1 is 1.33 bits per heavy atom. The van der Waals surface area contributed by atoms with Crippen molar-refractivity contribution in [1.82, 2.24) is 10.2 Å². The monoisotopic (exact) mass is 392 g/mol. The highest BCUT2D eigenvalue weighted by molar-refractivity contribution is 9.10. The van der Waals surface area contributed by atoms with Crippen LogP contribution in [0.1, 0.15) is 5.56 Å². The minimum Gasteiger partial charge on any atom is -0.314 e. The number of nitrogens with zero attached hydrogens (tertiary/aromatic N) is 1. The first-order valence-electron chi connectivity index (χ1n) is 6.91. The number of hydrogen-bond donors (Lipinski definition) is 1. The quantitative estimate of drug-likeness (QED) is 0.776. The van der Waals surface area contributed by atoms with Crippen LogP contribution in [-0.4, -0.2) is 58.6 Å². The van der Waals surface area contributed by atoms with E-state index in [4.69, 9.17) is 0 Å². The number of hydrogen-bond acceptors (Lipinski definition) is 5. The van der Waals surface area contributed by atoms with Crippen LogP contribution in [0.15, 0.2) is 26.4 Å². The van der Waals surface area contributed by atoms with E-state index in [-0.39, 0.29) is 0 Å². The Balaban J connectivity index is 2.18. The maximum atomic E-state index is 12.0. The van der Waals surface area contributed by atoms with E-state index < -0.39 is 9.84 Å². The fourth-order valence-corrected chi connectivity index (χ4v) is 5.62. The van der Waals surface area contributed by atoms with E-state index in [9.17, 15) is 8.42 Å². The van der Waals surface area contributed by atoms with Crippen molar-refractivity contribution in [3.05, 3.63) is 22.2 Å². The van der Waals surface area contributed by atoms with Gasteiger partial charge in [-0.15, -0.1) is 11.8 Å². The van der Waals surface area contributed by atoms with Crippen LogP contribution in [0, 0.1) is 0 Å². The molecule has 1 heterocycles. The third-order valence-corrected chi connectivity index (χ3v) is 6.59. The van der Waals surface area contributed by atoms with Crippen LogP contribution in [0.2, 0.25) is 0 Å². The van der Waals surface area contributed by atoms with Gasteiger partial charge in [0.1, 0.15) is 0 Å². The van der Waals surface area contributed by atoms with Crippen LogP contribution in [-0.2, 0) is 16.3 Å². The summed E-state index contributed by atoms with van der Waals surface area (Å²) in [4.78, 5) is 3.63. The van der Waals surface area contributed by atoms with Gasteiger partial charge in [-0.3, -0.25) is 0 Å². The molecule has 0 aromatic heterocycles. The highest BCUT2D eigenvalue weighted by atomic mass is 79.9. The smallest absolute Gasteiger partial charge is 0.176 e. The summed E-state index contributed by atoms with van der Waals surface area (Å²) in [5, 5.41) is 3.33. The molecule has 0 bridgehead atoms. The Kier molecular flexibility index (Phi) is 6.14. The predicted octanol–water partition coefficient (Wildman–Crippen LogP) is 2.02. The molecule has 0 atom stereocenters. The van der Waals surface area contributed by atoms with Gasteiger partial charge in [-0.1, -0.05) is 0 Å². The van der Waals surface area contributed by atoms with E-state index in [1.165, 1.54) is 18.0 Å². The minimum atomic E-state index is -3.21. The molecule has 0 spiro atoms. The van der Waals surface area contributed by atoms with Crippen molar-refractivity contribution < 1.29 is 8.42 Å². The van der Waals surface area contributed by atoms with Crippen molar-refractivity contribution in [1.29, 1.82) is 0 Å². The standard InChI is InChI=1S/C14H21BrN2O2S2/c1-20-14-12(15)9-11(10-13(14)21(2,18)19)3-6-17-7-4-16-5-8-17/h9-10,16H,3-8H2,1-2H3. The van der Waals surface area contributed by atoms with Crippen LogP contribution >= 0.6 is 27.7 Å². The Hall–Kier alpha value is -0.0800. The summed E-state index contributed by atoms with van der Waals surface area (Å²) in [6.45, 7) is 5.15. The van der Waals surface area contributed by atoms with Crippen molar-refractivity contribution in [2.75, 3.05) is 45.2 Å². The molecule has 0 saturated carbocycles. The topological polar surface area (TPSA) is 49.4 Å². The SMILES string of the molecule is CSc1c(Br)cc(CCN2CCNCC2)cc1S(C)(=O)=O. The van der Waals surface area contributed by atoms with Crippen molar-refractivity contribution in [2.45, 2.75) is 16.2 Å². The van der Waals surface area contributed by atoms with E-state index in [0.29, 0.717) is 4.90 Å². The largest absolute Gasteiger partial charge is 0.314 e. The van der Waals surface area contributed by atoms with Crippen LogP contribution in [0.4, 0.5) is 0 Å². The average Bonchev–Trinajstić information content (AvgIpc) is 2.44. The van der Waals surface area contributed by atoms with E-state index in [2.05, 4.69) is 26.1 Å². The lowest BCUT2D eigenvalue weighted by molar-refractivity contribution is 0.244. The molecule has 0 amide bonds. The fraction of sp³-hybridized carbons (Fsp3) is 0.571. The number of piperazine rings is 1. The highest BCUT2D eigenvalue weighted by Gasteiger charge is 2.17. The number of halogens is 1. The highest BCUT2D eigenvalue weighted by Crippen LogP contribution is 2.33. The predicted molar refractivity (Wildman–Crippen MR) is 92.0 cm³/mol.